The number of rotatable bonds is 3. The number of ether oxygens (including phenoxy) is 1. The van der Waals surface area contributed by atoms with Crippen LogP contribution in [0.4, 0.5) is 0 Å². The molecule has 0 fully saturated rings. The minimum absolute atomic E-state index is 0.108. The van der Waals surface area contributed by atoms with Crippen LogP contribution in [0.1, 0.15) is 25.2 Å². The first-order chi connectivity index (χ1) is 6.13. The fourth-order valence-electron chi connectivity index (χ4n) is 0.891. The maximum atomic E-state index is 5.71. The lowest BCUT2D eigenvalue weighted by atomic mass is 10.3. The molecule has 0 bridgehead atoms. The summed E-state index contributed by atoms with van der Waals surface area (Å²) in [5, 5.41) is 0. The summed E-state index contributed by atoms with van der Waals surface area (Å²) in [6, 6.07) is 0. The SMILES string of the molecule is Cc1ncc(CCl)c(OC(C)C)n1. The van der Waals surface area contributed by atoms with Gasteiger partial charge >= 0.3 is 0 Å². The van der Waals surface area contributed by atoms with Crippen LogP contribution in [0.2, 0.25) is 0 Å². The molecule has 0 radical (unpaired) electrons. The molecular formula is C9H13ClN2O. The standard InChI is InChI=1S/C9H13ClN2O/c1-6(2)13-9-8(4-10)5-11-7(3)12-9/h5-6H,4H2,1-3H3. The number of aryl methyl sites for hydroxylation is 1. The molecule has 0 saturated heterocycles. The number of halogens is 1. The molecule has 0 saturated carbocycles. The molecule has 1 heterocycles. The van der Waals surface area contributed by atoms with Crippen LogP contribution in [0.25, 0.3) is 0 Å². The fourth-order valence-corrected chi connectivity index (χ4v) is 1.07. The van der Waals surface area contributed by atoms with Gasteiger partial charge in [-0.25, -0.2) is 4.98 Å². The zero-order valence-electron chi connectivity index (χ0n) is 8.04. The average molecular weight is 201 g/mol. The van der Waals surface area contributed by atoms with Crippen LogP contribution >= 0.6 is 11.6 Å². The lowest BCUT2D eigenvalue weighted by Gasteiger charge is -2.11. The lowest BCUT2D eigenvalue weighted by molar-refractivity contribution is 0.229. The zero-order chi connectivity index (χ0) is 9.84. The third-order valence-electron chi connectivity index (χ3n) is 1.44. The van der Waals surface area contributed by atoms with Crippen molar-refractivity contribution in [1.82, 2.24) is 9.97 Å². The summed E-state index contributed by atoms with van der Waals surface area (Å²) in [5.74, 6) is 1.67. The molecule has 0 aromatic carbocycles. The summed E-state index contributed by atoms with van der Waals surface area (Å²) in [6.45, 7) is 5.73. The maximum absolute atomic E-state index is 5.71. The Morgan fingerprint density at radius 1 is 1.54 bits per heavy atom. The van der Waals surface area contributed by atoms with E-state index in [2.05, 4.69) is 9.97 Å². The van der Waals surface area contributed by atoms with Gasteiger partial charge in [-0.15, -0.1) is 11.6 Å². The van der Waals surface area contributed by atoms with Crippen molar-refractivity contribution in [2.75, 3.05) is 0 Å². The van der Waals surface area contributed by atoms with Crippen LogP contribution in [-0.4, -0.2) is 16.1 Å². The number of aromatic nitrogens is 2. The molecule has 1 aromatic rings. The molecule has 0 unspecified atom stereocenters. The van der Waals surface area contributed by atoms with Crippen LogP contribution in [0.3, 0.4) is 0 Å². The van der Waals surface area contributed by atoms with Crippen molar-refractivity contribution in [3.05, 3.63) is 17.6 Å². The molecule has 0 aliphatic heterocycles. The van der Waals surface area contributed by atoms with Crippen molar-refractivity contribution in [2.45, 2.75) is 32.8 Å². The number of hydrogen-bond acceptors (Lipinski definition) is 3. The molecule has 0 aliphatic rings. The van der Waals surface area contributed by atoms with E-state index in [-0.39, 0.29) is 6.10 Å². The lowest BCUT2D eigenvalue weighted by Crippen LogP contribution is -2.09. The van der Waals surface area contributed by atoms with Crippen molar-refractivity contribution < 1.29 is 4.74 Å². The molecule has 1 rings (SSSR count). The number of alkyl halides is 1. The van der Waals surface area contributed by atoms with Crippen LogP contribution in [0.15, 0.2) is 6.20 Å². The second-order valence-corrected chi connectivity index (χ2v) is 3.32. The van der Waals surface area contributed by atoms with Gasteiger partial charge in [0.15, 0.2) is 0 Å². The highest BCUT2D eigenvalue weighted by Gasteiger charge is 2.07. The summed E-state index contributed by atoms with van der Waals surface area (Å²) < 4.78 is 5.48. The summed E-state index contributed by atoms with van der Waals surface area (Å²) in [4.78, 5) is 8.21. The number of hydrogen-bond donors (Lipinski definition) is 0. The van der Waals surface area contributed by atoms with Crippen molar-refractivity contribution in [2.24, 2.45) is 0 Å². The second-order valence-electron chi connectivity index (χ2n) is 3.05. The molecule has 1 aromatic heterocycles. The van der Waals surface area contributed by atoms with E-state index in [0.29, 0.717) is 17.6 Å². The predicted octanol–water partition coefficient (Wildman–Crippen LogP) is 2.31. The van der Waals surface area contributed by atoms with Crippen LogP contribution in [0.5, 0.6) is 5.88 Å². The molecule has 13 heavy (non-hydrogen) atoms. The van der Waals surface area contributed by atoms with E-state index in [9.17, 15) is 0 Å². The van der Waals surface area contributed by atoms with Gasteiger partial charge < -0.3 is 4.74 Å². The maximum Gasteiger partial charge on any atom is 0.221 e. The Kier molecular flexibility index (Phi) is 3.48. The first-order valence-corrected chi connectivity index (χ1v) is 4.72. The molecule has 0 spiro atoms. The van der Waals surface area contributed by atoms with E-state index in [0.717, 1.165) is 5.56 Å². The van der Waals surface area contributed by atoms with Gasteiger partial charge in [0.25, 0.3) is 0 Å². The molecule has 0 amide bonds. The van der Waals surface area contributed by atoms with Gasteiger partial charge in [-0.1, -0.05) is 0 Å². The quantitative estimate of drug-likeness (QED) is 0.703. The van der Waals surface area contributed by atoms with Crippen molar-refractivity contribution in [3.8, 4) is 5.88 Å². The summed E-state index contributed by atoms with van der Waals surface area (Å²) in [5.41, 5.74) is 0.834. The Hall–Kier alpha value is -0.830. The third kappa shape index (κ3) is 2.84. The van der Waals surface area contributed by atoms with E-state index in [1.165, 1.54) is 0 Å². The van der Waals surface area contributed by atoms with Gasteiger partial charge in [0, 0.05) is 11.8 Å². The summed E-state index contributed by atoms with van der Waals surface area (Å²) in [6.07, 6.45) is 1.81. The smallest absolute Gasteiger partial charge is 0.221 e. The fraction of sp³-hybridized carbons (Fsp3) is 0.556. The van der Waals surface area contributed by atoms with Gasteiger partial charge in [-0.05, 0) is 20.8 Å². The van der Waals surface area contributed by atoms with Crippen LogP contribution < -0.4 is 4.74 Å². The van der Waals surface area contributed by atoms with Gasteiger partial charge in [0.05, 0.1) is 12.0 Å². The van der Waals surface area contributed by atoms with Crippen LogP contribution in [-0.2, 0) is 5.88 Å². The molecule has 0 N–H and O–H groups in total. The van der Waals surface area contributed by atoms with E-state index in [1.54, 1.807) is 6.20 Å². The van der Waals surface area contributed by atoms with Gasteiger partial charge in [0.1, 0.15) is 5.82 Å². The Morgan fingerprint density at radius 2 is 2.23 bits per heavy atom. The highest BCUT2D eigenvalue weighted by molar-refractivity contribution is 6.17. The predicted molar refractivity (Wildman–Crippen MR) is 52.1 cm³/mol. The Morgan fingerprint density at radius 3 is 2.77 bits per heavy atom. The van der Waals surface area contributed by atoms with E-state index in [1.807, 2.05) is 20.8 Å². The van der Waals surface area contributed by atoms with E-state index < -0.39 is 0 Å². The van der Waals surface area contributed by atoms with E-state index in [4.69, 9.17) is 16.3 Å². The molecular weight excluding hydrogens is 188 g/mol. The van der Waals surface area contributed by atoms with E-state index >= 15 is 0 Å². The molecule has 72 valence electrons. The molecule has 0 atom stereocenters. The van der Waals surface area contributed by atoms with Crippen molar-refractivity contribution >= 4 is 11.6 Å². The largest absolute Gasteiger partial charge is 0.475 e. The summed E-state index contributed by atoms with van der Waals surface area (Å²) >= 11 is 5.71. The van der Waals surface area contributed by atoms with Crippen molar-refractivity contribution in [3.63, 3.8) is 0 Å². The number of nitrogens with zero attached hydrogens (tertiary/aromatic N) is 2. The monoisotopic (exact) mass is 200 g/mol. The second kappa shape index (κ2) is 4.42. The molecule has 3 nitrogen and oxygen atoms in total. The normalized spacial score (nSPS) is 10.5. The minimum atomic E-state index is 0.108. The average Bonchev–Trinajstić information content (AvgIpc) is 2.03. The van der Waals surface area contributed by atoms with Gasteiger partial charge in [-0.3, -0.25) is 0 Å². The zero-order valence-corrected chi connectivity index (χ0v) is 8.80. The van der Waals surface area contributed by atoms with Crippen molar-refractivity contribution in [1.29, 1.82) is 0 Å². The Bertz CT molecular complexity index is 289. The Labute approximate surface area is 83.1 Å². The topological polar surface area (TPSA) is 35.0 Å². The van der Waals surface area contributed by atoms with Crippen LogP contribution in [0, 0.1) is 6.92 Å². The van der Waals surface area contributed by atoms with Gasteiger partial charge in [-0.2, -0.15) is 4.98 Å². The highest BCUT2D eigenvalue weighted by atomic mass is 35.5. The molecule has 0 aliphatic carbocycles. The minimum Gasteiger partial charge on any atom is -0.475 e. The summed E-state index contributed by atoms with van der Waals surface area (Å²) in [7, 11) is 0. The highest BCUT2D eigenvalue weighted by Crippen LogP contribution is 2.17. The van der Waals surface area contributed by atoms with Gasteiger partial charge in [0.2, 0.25) is 5.88 Å². The molecule has 4 heteroatoms. The third-order valence-corrected chi connectivity index (χ3v) is 1.72. The Balaban J connectivity index is 2.94. The first kappa shape index (κ1) is 10.3. The first-order valence-electron chi connectivity index (χ1n) is 4.18.